The molecule has 1 aromatic carbocycles. The van der Waals surface area contributed by atoms with Crippen LogP contribution in [0.15, 0.2) is 10.5 Å². The lowest BCUT2D eigenvalue weighted by atomic mass is 9.89. The van der Waals surface area contributed by atoms with Crippen molar-refractivity contribution < 1.29 is 14.2 Å². The van der Waals surface area contributed by atoms with Gasteiger partial charge in [-0.3, -0.25) is 0 Å². The number of benzene rings is 1. The molecule has 0 amide bonds. The third-order valence-electron chi connectivity index (χ3n) is 3.58. The number of hydrogen-bond donors (Lipinski definition) is 1. The fourth-order valence-electron chi connectivity index (χ4n) is 2.60. The van der Waals surface area contributed by atoms with Crippen molar-refractivity contribution in [1.82, 2.24) is 5.32 Å². The van der Waals surface area contributed by atoms with Gasteiger partial charge < -0.3 is 19.5 Å². The molecule has 1 saturated heterocycles. The molecule has 4 nitrogen and oxygen atoms in total. The van der Waals surface area contributed by atoms with Gasteiger partial charge in [0.05, 0.1) is 21.3 Å². The first-order chi connectivity index (χ1) is 9.22. The predicted octanol–water partition coefficient (Wildman–Crippen LogP) is 2.94. The molecule has 1 aromatic rings. The van der Waals surface area contributed by atoms with E-state index in [1.165, 1.54) is 5.56 Å². The van der Waals surface area contributed by atoms with Crippen molar-refractivity contribution in [1.29, 1.82) is 0 Å². The maximum Gasteiger partial charge on any atom is 0.178 e. The Morgan fingerprint density at radius 2 is 1.68 bits per heavy atom. The summed E-state index contributed by atoms with van der Waals surface area (Å²) >= 11 is 3.57. The van der Waals surface area contributed by atoms with Crippen molar-refractivity contribution in [2.24, 2.45) is 0 Å². The van der Waals surface area contributed by atoms with Crippen LogP contribution in [-0.2, 0) is 0 Å². The SMILES string of the molecule is COc1cc(C2CCNCC2)c(OC)c(Br)c1OC. The van der Waals surface area contributed by atoms with Crippen molar-refractivity contribution in [3.8, 4) is 17.2 Å². The molecule has 2 rings (SSSR count). The molecule has 0 radical (unpaired) electrons. The molecule has 0 unspecified atom stereocenters. The maximum atomic E-state index is 5.57. The van der Waals surface area contributed by atoms with Crippen LogP contribution in [0.25, 0.3) is 0 Å². The van der Waals surface area contributed by atoms with Gasteiger partial charge >= 0.3 is 0 Å². The van der Waals surface area contributed by atoms with E-state index in [0.717, 1.165) is 41.9 Å². The second-order valence-electron chi connectivity index (χ2n) is 4.57. The smallest absolute Gasteiger partial charge is 0.178 e. The number of rotatable bonds is 4. The lowest BCUT2D eigenvalue weighted by molar-refractivity contribution is 0.340. The van der Waals surface area contributed by atoms with Crippen LogP contribution in [0.4, 0.5) is 0 Å². The monoisotopic (exact) mass is 329 g/mol. The van der Waals surface area contributed by atoms with Gasteiger partial charge in [0.2, 0.25) is 0 Å². The second kappa shape index (κ2) is 6.48. The first-order valence-corrected chi connectivity index (χ1v) is 7.21. The average molecular weight is 330 g/mol. The normalized spacial score (nSPS) is 16.2. The van der Waals surface area contributed by atoms with E-state index >= 15 is 0 Å². The molecule has 1 heterocycles. The van der Waals surface area contributed by atoms with Gasteiger partial charge in [-0.1, -0.05) is 0 Å². The molecule has 5 heteroatoms. The minimum atomic E-state index is 0.493. The Morgan fingerprint density at radius 3 is 2.21 bits per heavy atom. The number of hydrogen-bond acceptors (Lipinski definition) is 4. The Morgan fingerprint density at radius 1 is 1.05 bits per heavy atom. The van der Waals surface area contributed by atoms with Crippen molar-refractivity contribution >= 4 is 15.9 Å². The number of nitrogens with one attached hydrogen (secondary N) is 1. The van der Waals surface area contributed by atoms with Gasteiger partial charge in [0.25, 0.3) is 0 Å². The first kappa shape index (κ1) is 14.5. The summed E-state index contributed by atoms with van der Waals surface area (Å²) in [5, 5.41) is 3.38. The Bertz CT molecular complexity index is 445. The molecule has 0 aliphatic carbocycles. The Labute approximate surface area is 122 Å². The summed E-state index contributed by atoms with van der Waals surface area (Å²) in [7, 11) is 4.98. The van der Waals surface area contributed by atoms with Gasteiger partial charge in [0, 0.05) is 5.56 Å². The van der Waals surface area contributed by atoms with Crippen molar-refractivity contribution in [3.63, 3.8) is 0 Å². The van der Waals surface area contributed by atoms with Gasteiger partial charge in [-0.25, -0.2) is 0 Å². The summed E-state index contributed by atoms with van der Waals surface area (Å²) < 4.78 is 17.2. The molecule has 0 atom stereocenters. The Balaban J connectivity index is 2.49. The molecule has 0 aromatic heterocycles. The minimum Gasteiger partial charge on any atom is -0.495 e. The van der Waals surface area contributed by atoms with Crippen LogP contribution in [0.1, 0.15) is 24.3 Å². The lowest BCUT2D eigenvalue weighted by Gasteiger charge is -2.26. The van der Waals surface area contributed by atoms with Crippen molar-refractivity contribution in [2.75, 3.05) is 34.4 Å². The molecule has 0 spiro atoms. The summed E-state index contributed by atoms with van der Waals surface area (Å²) in [6.45, 7) is 2.08. The van der Waals surface area contributed by atoms with Gasteiger partial charge in [-0.05, 0) is 53.8 Å². The van der Waals surface area contributed by atoms with Crippen LogP contribution in [0.3, 0.4) is 0 Å². The van der Waals surface area contributed by atoms with Crippen LogP contribution >= 0.6 is 15.9 Å². The number of piperidine rings is 1. The lowest BCUT2D eigenvalue weighted by Crippen LogP contribution is -2.26. The zero-order valence-corrected chi connectivity index (χ0v) is 13.2. The molecule has 0 saturated carbocycles. The third-order valence-corrected chi connectivity index (χ3v) is 4.30. The van der Waals surface area contributed by atoms with Crippen LogP contribution in [0, 0.1) is 0 Å². The molecule has 106 valence electrons. The molecular weight excluding hydrogens is 310 g/mol. The summed E-state index contributed by atoms with van der Waals surface area (Å²) in [4.78, 5) is 0. The first-order valence-electron chi connectivity index (χ1n) is 6.42. The van der Waals surface area contributed by atoms with Gasteiger partial charge in [-0.15, -0.1) is 0 Å². The van der Waals surface area contributed by atoms with Gasteiger partial charge in [-0.2, -0.15) is 0 Å². The molecule has 1 aliphatic heterocycles. The summed E-state index contributed by atoms with van der Waals surface area (Å²) in [6, 6.07) is 2.04. The maximum absolute atomic E-state index is 5.57. The van der Waals surface area contributed by atoms with Crippen LogP contribution < -0.4 is 19.5 Å². The van der Waals surface area contributed by atoms with Gasteiger partial charge in [0.15, 0.2) is 11.5 Å². The van der Waals surface area contributed by atoms with Crippen LogP contribution in [-0.4, -0.2) is 34.4 Å². The number of methoxy groups -OCH3 is 3. The Kier molecular flexibility index (Phi) is 4.93. The molecule has 1 fully saturated rings. The summed E-state index contributed by atoms with van der Waals surface area (Å²) in [6.07, 6.45) is 2.22. The highest BCUT2D eigenvalue weighted by atomic mass is 79.9. The largest absolute Gasteiger partial charge is 0.495 e. The molecular formula is C14H20BrNO3. The van der Waals surface area contributed by atoms with E-state index in [-0.39, 0.29) is 0 Å². The highest BCUT2D eigenvalue weighted by Crippen LogP contribution is 2.47. The van der Waals surface area contributed by atoms with E-state index < -0.39 is 0 Å². The van der Waals surface area contributed by atoms with E-state index in [1.54, 1.807) is 21.3 Å². The summed E-state index contributed by atoms with van der Waals surface area (Å²) in [5.74, 6) is 2.76. The average Bonchev–Trinajstić information content (AvgIpc) is 2.47. The van der Waals surface area contributed by atoms with Crippen molar-refractivity contribution in [2.45, 2.75) is 18.8 Å². The van der Waals surface area contributed by atoms with E-state index in [1.807, 2.05) is 6.07 Å². The van der Waals surface area contributed by atoms with E-state index in [9.17, 15) is 0 Å². The number of ether oxygens (including phenoxy) is 3. The fourth-order valence-corrected chi connectivity index (χ4v) is 3.34. The standard InChI is InChI=1S/C14H20BrNO3/c1-17-11-8-10(9-4-6-16-7-5-9)13(18-2)12(15)14(11)19-3/h8-9,16H,4-7H2,1-3H3. The van der Waals surface area contributed by atoms with Crippen LogP contribution in [0.2, 0.25) is 0 Å². The highest BCUT2D eigenvalue weighted by Gasteiger charge is 2.25. The highest BCUT2D eigenvalue weighted by molar-refractivity contribution is 9.10. The molecule has 0 bridgehead atoms. The topological polar surface area (TPSA) is 39.7 Å². The predicted molar refractivity (Wildman–Crippen MR) is 78.6 cm³/mol. The fraction of sp³-hybridized carbons (Fsp3) is 0.571. The van der Waals surface area contributed by atoms with Crippen molar-refractivity contribution in [3.05, 3.63) is 16.1 Å². The zero-order chi connectivity index (χ0) is 13.8. The minimum absolute atomic E-state index is 0.493. The van der Waals surface area contributed by atoms with E-state index in [4.69, 9.17) is 14.2 Å². The number of halogens is 1. The second-order valence-corrected chi connectivity index (χ2v) is 5.37. The van der Waals surface area contributed by atoms with E-state index in [0.29, 0.717) is 11.7 Å². The molecule has 1 aliphatic rings. The quantitative estimate of drug-likeness (QED) is 0.921. The Hall–Kier alpha value is -0.940. The third kappa shape index (κ3) is 2.82. The van der Waals surface area contributed by atoms with Crippen LogP contribution in [0.5, 0.6) is 17.2 Å². The molecule has 19 heavy (non-hydrogen) atoms. The zero-order valence-electron chi connectivity index (χ0n) is 11.6. The summed E-state index contributed by atoms with van der Waals surface area (Å²) in [5.41, 5.74) is 1.19. The van der Waals surface area contributed by atoms with Gasteiger partial charge in [0.1, 0.15) is 10.2 Å². The van der Waals surface area contributed by atoms with E-state index in [2.05, 4.69) is 21.2 Å². The molecule has 1 N–H and O–H groups in total.